The van der Waals surface area contributed by atoms with Crippen LogP contribution in [0.1, 0.15) is 62.3 Å². The third-order valence-electron chi connectivity index (χ3n) is 2.65. The number of carbonyl (C=O) groups excluding carboxylic acids is 2. The SMILES string of the molecule is CC(C)(C)C(=O)c1[c]c(C(=O)C(C)(C)C)ccc1. The van der Waals surface area contributed by atoms with E-state index in [1.54, 1.807) is 18.2 Å². The molecule has 0 amide bonds. The first-order valence-corrected chi connectivity index (χ1v) is 6.15. The van der Waals surface area contributed by atoms with Crippen molar-refractivity contribution >= 4 is 11.6 Å². The lowest BCUT2D eigenvalue weighted by molar-refractivity contribution is 0.0855. The van der Waals surface area contributed by atoms with Crippen LogP contribution in [-0.2, 0) is 0 Å². The van der Waals surface area contributed by atoms with Gasteiger partial charge in [-0.25, -0.2) is 0 Å². The summed E-state index contributed by atoms with van der Waals surface area (Å²) in [6, 6.07) is 8.13. The molecular weight excluding hydrogens is 224 g/mol. The van der Waals surface area contributed by atoms with Gasteiger partial charge in [0.15, 0.2) is 11.6 Å². The third-order valence-corrected chi connectivity index (χ3v) is 2.65. The molecule has 0 N–H and O–H groups in total. The fourth-order valence-corrected chi connectivity index (χ4v) is 1.54. The fourth-order valence-electron chi connectivity index (χ4n) is 1.54. The highest BCUT2D eigenvalue weighted by Gasteiger charge is 2.26. The highest BCUT2D eigenvalue weighted by molar-refractivity contribution is 6.04. The topological polar surface area (TPSA) is 34.1 Å². The lowest BCUT2D eigenvalue weighted by Gasteiger charge is -2.19. The highest BCUT2D eigenvalue weighted by atomic mass is 16.1. The Balaban J connectivity index is 3.16. The van der Waals surface area contributed by atoms with Gasteiger partial charge >= 0.3 is 0 Å². The monoisotopic (exact) mass is 245 g/mol. The van der Waals surface area contributed by atoms with Crippen LogP contribution in [0.15, 0.2) is 18.2 Å². The first-order chi connectivity index (χ1) is 8.03. The van der Waals surface area contributed by atoms with Crippen LogP contribution in [0.3, 0.4) is 0 Å². The predicted octanol–water partition coefficient (Wildman–Crippen LogP) is 3.94. The molecular formula is C16H21O2. The molecule has 0 aromatic heterocycles. The quantitative estimate of drug-likeness (QED) is 0.739. The number of Topliss-reactive ketones (excluding diaryl/α,β-unsaturated/α-hetero) is 2. The zero-order chi connectivity index (χ0) is 14.1. The van der Waals surface area contributed by atoms with Gasteiger partial charge < -0.3 is 0 Å². The first kappa shape index (κ1) is 14.6. The second-order valence-electron chi connectivity index (χ2n) is 6.64. The van der Waals surface area contributed by atoms with E-state index < -0.39 is 10.8 Å². The molecule has 2 heteroatoms. The molecule has 1 aromatic carbocycles. The molecule has 1 radical (unpaired) electrons. The van der Waals surface area contributed by atoms with Crippen LogP contribution >= 0.6 is 0 Å². The van der Waals surface area contributed by atoms with Crippen LogP contribution in [-0.4, -0.2) is 11.6 Å². The van der Waals surface area contributed by atoms with E-state index in [0.717, 1.165) is 0 Å². The fraction of sp³-hybridized carbons (Fsp3) is 0.500. The van der Waals surface area contributed by atoms with Gasteiger partial charge in [0.05, 0.1) is 0 Å². The minimum absolute atomic E-state index is 0.00561. The summed E-state index contributed by atoms with van der Waals surface area (Å²) in [5.41, 5.74) is 0.0509. The summed E-state index contributed by atoms with van der Waals surface area (Å²) >= 11 is 0. The summed E-state index contributed by atoms with van der Waals surface area (Å²) in [7, 11) is 0. The maximum Gasteiger partial charge on any atom is 0.168 e. The molecule has 0 aliphatic rings. The summed E-state index contributed by atoms with van der Waals surface area (Å²) < 4.78 is 0. The Hall–Kier alpha value is -1.44. The molecule has 18 heavy (non-hydrogen) atoms. The second-order valence-corrected chi connectivity index (χ2v) is 6.64. The summed E-state index contributed by atoms with van der Waals surface area (Å²) in [5, 5.41) is 0. The molecule has 0 saturated carbocycles. The molecule has 0 bridgehead atoms. The Kier molecular flexibility index (Phi) is 3.80. The molecule has 0 spiro atoms. The van der Waals surface area contributed by atoms with Gasteiger partial charge in [-0.3, -0.25) is 9.59 Å². The van der Waals surface area contributed by atoms with Gasteiger partial charge in [-0.15, -0.1) is 0 Å². The summed E-state index contributed by atoms with van der Waals surface area (Å²) in [6.07, 6.45) is 0. The van der Waals surface area contributed by atoms with Gasteiger partial charge in [0.1, 0.15) is 0 Å². The van der Waals surface area contributed by atoms with E-state index in [1.807, 2.05) is 41.5 Å². The lowest BCUT2D eigenvalue weighted by Crippen LogP contribution is -2.23. The number of carbonyl (C=O) groups is 2. The van der Waals surface area contributed by atoms with Crippen molar-refractivity contribution in [3.8, 4) is 0 Å². The van der Waals surface area contributed by atoms with Crippen LogP contribution < -0.4 is 0 Å². The first-order valence-electron chi connectivity index (χ1n) is 6.15. The Bertz CT molecular complexity index is 429. The lowest BCUT2D eigenvalue weighted by atomic mass is 9.83. The van der Waals surface area contributed by atoms with Crippen LogP contribution in [0.25, 0.3) is 0 Å². The van der Waals surface area contributed by atoms with Crippen LogP contribution in [0.5, 0.6) is 0 Å². The molecule has 0 atom stereocenters. The van der Waals surface area contributed by atoms with Gasteiger partial charge in [-0.1, -0.05) is 59.7 Å². The maximum atomic E-state index is 12.1. The van der Waals surface area contributed by atoms with Crippen molar-refractivity contribution < 1.29 is 9.59 Å². The number of hydrogen-bond acceptors (Lipinski definition) is 2. The molecule has 97 valence electrons. The number of rotatable bonds is 2. The van der Waals surface area contributed by atoms with Crippen molar-refractivity contribution in [1.82, 2.24) is 0 Å². The molecule has 0 saturated heterocycles. The van der Waals surface area contributed by atoms with Crippen LogP contribution in [0.2, 0.25) is 0 Å². The summed E-state index contributed by atoms with van der Waals surface area (Å²) in [6.45, 7) is 11.2. The van der Waals surface area contributed by atoms with Crippen molar-refractivity contribution in [2.45, 2.75) is 41.5 Å². The van der Waals surface area contributed by atoms with Crippen molar-refractivity contribution in [2.24, 2.45) is 10.8 Å². The normalized spacial score (nSPS) is 12.3. The van der Waals surface area contributed by atoms with E-state index in [0.29, 0.717) is 11.1 Å². The molecule has 0 fully saturated rings. The van der Waals surface area contributed by atoms with E-state index in [2.05, 4.69) is 6.07 Å². The van der Waals surface area contributed by atoms with Gasteiger partial charge in [-0.2, -0.15) is 0 Å². The second kappa shape index (κ2) is 4.68. The molecule has 2 nitrogen and oxygen atoms in total. The number of hydrogen-bond donors (Lipinski definition) is 0. The van der Waals surface area contributed by atoms with E-state index in [-0.39, 0.29) is 11.6 Å². The number of ketones is 2. The van der Waals surface area contributed by atoms with Gasteiger partial charge in [0.25, 0.3) is 0 Å². The smallest absolute Gasteiger partial charge is 0.168 e. The Morgan fingerprint density at radius 2 is 1.17 bits per heavy atom. The van der Waals surface area contributed by atoms with E-state index in [1.165, 1.54) is 0 Å². The molecule has 0 aliphatic carbocycles. The van der Waals surface area contributed by atoms with Crippen molar-refractivity contribution in [3.63, 3.8) is 0 Å². The van der Waals surface area contributed by atoms with E-state index in [9.17, 15) is 9.59 Å². The average Bonchev–Trinajstić information content (AvgIpc) is 2.24. The summed E-state index contributed by atoms with van der Waals surface area (Å²) in [5.74, 6) is 0.0112. The molecule has 1 rings (SSSR count). The maximum absolute atomic E-state index is 12.1. The zero-order valence-electron chi connectivity index (χ0n) is 12.0. The predicted molar refractivity (Wildman–Crippen MR) is 72.8 cm³/mol. The van der Waals surface area contributed by atoms with E-state index >= 15 is 0 Å². The average molecular weight is 245 g/mol. The standard InChI is InChI=1S/C16H21O2/c1-15(2,3)13(17)11-8-7-9-12(10-11)14(18)16(4,5)6/h7-9H,1-6H3. The third kappa shape index (κ3) is 3.28. The molecule has 1 aromatic rings. The van der Waals surface area contributed by atoms with E-state index in [4.69, 9.17) is 0 Å². The molecule has 0 unspecified atom stereocenters. The van der Waals surface area contributed by atoms with Crippen molar-refractivity contribution in [1.29, 1.82) is 0 Å². The highest BCUT2D eigenvalue weighted by Crippen LogP contribution is 2.24. The zero-order valence-corrected chi connectivity index (χ0v) is 12.0. The molecule has 0 aliphatic heterocycles. The largest absolute Gasteiger partial charge is 0.294 e. The van der Waals surface area contributed by atoms with Crippen molar-refractivity contribution in [2.75, 3.05) is 0 Å². The Morgan fingerprint density at radius 3 is 1.44 bits per heavy atom. The number of benzene rings is 1. The Labute approximate surface area is 109 Å². The van der Waals surface area contributed by atoms with Crippen LogP contribution in [0, 0.1) is 16.9 Å². The van der Waals surface area contributed by atoms with Gasteiger partial charge in [-0.05, 0) is 0 Å². The summed E-state index contributed by atoms with van der Waals surface area (Å²) in [4.78, 5) is 24.3. The molecule has 0 heterocycles. The Morgan fingerprint density at radius 1 is 0.833 bits per heavy atom. The van der Waals surface area contributed by atoms with Crippen LogP contribution in [0.4, 0.5) is 0 Å². The van der Waals surface area contributed by atoms with Crippen molar-refractivity contribution in [3.05, 3.63) is 35.4 Å². The van der Waals surface area contributed by atoms with Gasteiger partial charge in [0.2, 0.25) is 0 Å². The minimum Gasteiger partial charge on any atom is -0.294 e. The minimum atomic E-state index is -0.458. The van der Waals surface area contributed by atoms with Gasteiger partial charge in [0, 0.05) is 28.0 Å².